The van der Waals surface area contributed by atoms with E-state index in [1.807, 2.05) is 0 Å². The summed E-state index contributed by atoms with van der Waals surface area (Å²) in [6.07, 6.45) is 4.89. The largest absolute Gasteiger partial charge is 0.394 e. The zero-order chi connectivity index (χ0) is 11.1. The molecule has 1 aliphatic rings. The first-order valence-electron chi connectivity index (χ1n) is 6.29. The Hall–Kier alpha value is -0.120. The van der Waals surface area contributed by atoms with E-state index in [-0.39, 0.29) is 12.1 Å². The highest BCUT2D eigenvalue weighted by atomic mass is 16.3. The van der Waals surface area contributed by atoms with E-state index < -0.39 is 0 Å². The average molecular weight is 214 g/mol. The maximum absolute atomic E-state index is 9.57. The van der Waals surface area contributed by atoms with Gasteiger partial charge in [0.15, 0.2) is 0 Å². The SMILES string of the molecule is CCCCCC(C)(CO)N1CCNCC1. The summed E-state index contributed by atoms with van der Waals surface area (Å²) in [7, 11) is 0. The van der Waals surface area contributed by atoms with Crippen LogP contribution in [-0.4, -0.2) is 48.3 Å². The summed E-state index contributed by atoms with van der Waals surface area (Å²) in [5.74, 6) is 0. The predicted octanol–water partition coefficient (Wildman–Crippen LogP) is 1.22. The minimum Gasteiger partial charge on any atom is -0.394 e. The van der Waals surface area contributed by atoms with E-state index in [1.165, 1.54) is 19.3 Å². The monoisotopic (exact) mass is 214 g/mol. The summed E-state index contributed by atoms with van der Waals surface area (Å²) < 4.78 is 0. The molecule has 0 amide bonds. The third-order valence-corrected chi connectivity index (χ3v) is 3.54. The topological polar surface area (TPSA) is 35.5 Å². The number of hydrogen-bond acceptors (Lipinski definition) is 3. The Morgan fingerprint density at radius 2 is 1.93 bits per heavy atom. The molecule has 0 bridgehead atoms. The number of aliphatic hydroxyl groups is 1. The lowest BCUT2D eigenvalue weighted by molar-refractivity contribution is 0.0257. The Balaban J connectivity index is 2.41. The van der Waals surface area contributed by atoms with Crippen molar-refractivity contribution in [1.29, 1.82) is 0 Å². The number of piperazine rings is 1. The molecule has 1 heterocycles. The maximum Gasteiger partial charge on any atom is 0.0612 e. The van der Waals surface area contributed by atoms with Gasteiger partial charge < -0.3 is 10.4 Å². The van der Waals surface area contributed by atoms with E-state index in [0.29, 0.717) is 0 Å². The van der Waals surface area contributed by atoms with Gasteiger partial charge in [0.25, 0.3) is 0 Å². The molecule has 1 unspecified atom stereocenters. The number of nitrogens with zero attached hydrogens (tertiary/aromatic N) is 1. The van der Waals surface area contributed by atoms with Crippen molar-refractivity contribution < 1.29 is 5.11 Å². The molecule has 15 heavy (non-hydrogen) atoms. The van der Waals surface area contributed by atoms with Crippen molar-refractivity contribution in [3.8, 4) is 0 Å². The van der Waals surface area contributed by atoms with Crippen LogP contribution >= 0.6 is 0 Å². The maximum atomic E-state index is 9.57. The van der Waals surface area contributed by atoms with Crippen LogP contribution in [-0.2, 0) is 0 Å². The first-order chi connectivity index (χ1) is 7.23. The van der Waals surface area contributed by atoms with Crippen molar-refractivity contribution in [2.75, 3.05) is 32.8 Å². The van der Waals surface area contributed by atoms with Gasteiger partial charge in [0.2, 0.25) is 0 Å². The third kappa shape index (κ3) is 3.74. The Bertz CT molecular complexity index is 169. The second-order valence-corrected chi connectivity index (χ2v) is 4.85. The normalized spacial score (nSPS) is 22.6. The molecule has 0 aromatic carbocycles. The fraction of sp³-hybridized carbons (Fsp3) is 1.00. The predicted molar refractivity (Wildman–Crippen MR) is 64.1 cm³/mol. The lowest BCUT2D eigenvalue weighted by Gasteiger charge is -2.42. The van der Waals surface area contributed by atoms with E-state index in [0.717, 1.165) is 32.6 Å². The van der Waals surface area contributed by atoms with Gasteiger partial charge in [-0.1, -0.05) is 26.2 Å². The fourth-order valence-corrected chi connectivity index (χ4v) is 2.30. The Morgan fingerprint density at radius 3 is 2.47 bits per heavy atom. The quantitative estimate of drug-likeness (QED) is 0.653. The summed E-state index contributed by atoms with van der Waals surface area (Å²) in [5.41, 5.74) is 0.0112. The number of aliphatic hydroxyl groups excluding tert-OH is 1. The zero-order valence-electron chi connectivity index (χ0n) is 10.3. The molecule has 1 saturated heterocycles. The summed E-state index contributed by atoms with van der Waals surface area (Å²) in [5, 5.41) is 12.9. The van der Waals surface area contributed by atoms with Crippen LogP contribution < -0.4 is 5.32 Å². The smallest absolute Gasteiger partial charge is 0.0612 e. The van der Waals surface area contributed by atoms with E-state index in [2.05, 4.69) is 24.1 Å². The zero-order valence-corrected chi connectivity index (χ0v) is 10.3. The van der Waals surface area contributed by atoms with Gasteiger partial charge >= 0.3 is 0 Å². The van der Waals surface area contributed by atoms with E-state index in [4.69, 9.17) is 0 Å². The van der Waals surface area contributed by atoms with Gasteiger partial charge in [-0.05, 0) is 13.3 Å². The van der Waals surface area contributed by atoms with Gasteiger partial charge in [0.05, 0.1) is 6.61 Å². The van der Waals surface area contributed by atoms with Crippen LogP contribution in [0.25, 0.3) is 0 Å². The first kappa shape index (κ1) is 12.9. The first-order valence-corrected chi connectivity index (χ1v) is 6.29. The van der Waals surface area contributed by atoms with Crippen molar-refractivity contribution in [2.45, 2.75) is 45.1 Å². The molecular weight excluding hydrogens is 188 g/mol. The summed E-state index contributed by atoms with van der Waals surface area (Å²) in [6.45, 7) is 8.98. The number of hydrogen-bond donors (Lipinski definition) is 2. The highest BCUT2D eigenvalue weighted by Gasteiger charge is 2.31. The number of rotatable bonds is 6. The minimum absolute atomic E-state index is 0.0112. The van der Waals surface area contributed by atoms with Gasteiger partial charge in [-0.15, -0.1) is 0 Å². The molecule has 2 N–H and O–H groups in total. The molecule has 0 radical (unpaired) electrons. The van der Waals surface area contributed by atoms with Crippen molar-refractivity contribution >= 4 is 0 Å². The molecule has 3 nitrogen and oxygen atoms in total. The van der Waals surface area contributed by atoms with Crippen LogP contribution in [0.2, 0.25) is 0 Å². The van der Waals surface area contributed by atoms with Crippen LogP contribution in [0.5, 0.6) is 0 Å². The van der Waals surface area contributed by atoms with Crippen LogP contribution in [0.15, 0.2) is 0 Å². The molecule has 3 heteroatoms. The second-order valence-electron chi connectivity index (χ2n) is 4.85. The second kappa shape index (κ2) is 6.46. The minimum atomic E-state index is 0.0112. The van der Waals surface area contributed by atoms with Crippen LogP contribution in [0.1, 0.15) is 39.5 Å². The van der Waals surface area contributed by atoms with Crippen LogP contribution in [0.4, 0.5) is 0 Å². The van der Waals surface area contributed by atoms with Crippen LogP contribution in [0, 0.1) is 0 Å². The number of nitrogens with one attached hydrogen (secondary N) is 1. The molecule has 0 aliphatic carbocycles. The van der Waals surface area contributed by atoms with Crippen LogP contribution in [0.3, 0.4) is 0 Å². The van der Waals surface area contributed by atoms with Gasteiger partial charge in [-0.2, -0.15) is 0 Å². The van der Waals surface area contributed by atoms with Crippen molar-refractivity contribution in [1.82, 2.24) is 10.2 Å². The molecule has 1 fully saturated rings. The Labute approximate surface area is 93.9 Å². The molecular formula is C12H26N2O. The van der Waals surface area contributed by atoms with Gasteiger partial charge in [-0.3, -0.25) is 4.90 Å². The van der Waals surface area contributed by atoms with Crippen molar-refractivity contribution in [3.05, 3.63) is 0 Å². The Kier molecular flexibility index (Phi) is 5.58. The highest BCUT2D eigenvalue weighted by Crippen LogP contribution is 2.22. The number of unbranched alkanes of at least 4 members (excludes halogenated alkanes) is 2. The summed E-state index contributed by atoms with van der Waals surface area (Å²) >= 11 is 0. The summed E-state index contributed by atoms with van der Waals surface area (Å²) in [4.78, 5) is 2.44. The third-order valence-electron chi connectivity index (χ3n) is 3.54. The lowest BCUT2D eigenvalue weighted by atomic mass is 9.92. The van der Waals surface area contributed by atoms with Crippen molar-refractivity contribution in [3.63, 3.8) is 0 Å². The van der Waals surface area contributed by atoms with Gasteiger partial charge in [0.1, 0.15) is 0 Å². The fourth-order valence-electron chi connectivity index (χ4n) is 2.30. The molecule has 0 aromatic heterocycles. The van der Waals surface area contributed by atoms with E-state index in [1.54, 1.807) is 0 Å². The highest BCUT2D eigenvalue weighted by molar-refractivity contribution is 4.88. The lowest BCUT2D eigenvalue weighted by Crippen LogP contribution is -2.56. The summed E-state index contributed by atoms with van der Waals surface area (Å²) in [6, 6.07) is 0. The molecule has 0 spiro atoms. The molecule has 0 saturated carbocycles. The molecule has 1 aliphatic heterocycles. The standard InChI is InChI=1S/C12H26N2O/c1-3-4-5-6-12(2,11-15)14-9-7-13-8-10-14/h13,15H,3-11H2,1-2H3. The molecule has 90 valence electrons. The van der Waals surface area contributed by atoms with Gasteiger partial charge in [-0.25, -0.2) is 0 Å². The average Bonchev–Trinajstić information content (AvgIpc) is 2.30. The van der Waals surface area contributed by atoms with E-state index >= 15 is 0 Å². The van der Waals surface area contributed by atoms with Gasteiger partial charge in [0, 0.05) is 31.7 Å². The Morgan fingerprint density at radius 1 is 1.27 bits per heavy atom. The molecule has 0 aromatic rings. The van der Waals surface area contributed by atoms with E-state index in [9.17, 15) is 5.11 Å². The molecule has 1 rings (SSSR count). The van der Waals surface area contributed by atoms with Crippen molar-refractivity contribution in [2.24, 2.45) is 0 Å². The molecule has 1 atom stereocenters.